The van der Waals surface area contributed by atoms with Crippen molar-refractivity contribution in [2.24, 2.45) is 5.41 Å². The number of carbonyl (C=O) groups excluding carboxylic acids is 1. The van der Waals surface area contributed by atoms with Crippen LogP contribution in [0.2, 0.25) is 0 Å². The summed E-state index contributed by atoms with van der Waals surface area (Å²) in [6.45, 7) is 6.67. The molecule has 0 radical (unpaired) electrons. The van der Waals surface area contributed by atoms with E-state index in [-0.39, 0.29) is 19.2 Å². The first kappa shape index (κ1) is 15.7. The minimum atomic E-state index is -0.964. The van der Waals surface area contributed by atoms with Crippen LogP contribution in [0.1, 0.15) is 13.8 Å². The second-order valence-corrected chi connectivity index (χ2v) is 5.40. The molecule has 7 heteroatoms. The Balaban J connectivity index is 2.34. The summed E-state index contributed by atoms with van der Waals surface area (Å²) in [5.41, 5.74) is -0.964. The molecule has 1 rings (SSSR count). The third-order valence-corrected chi connectivity index (χ3v) is 3.34. The summed E-state index contributed by atoms with van der Waals surface area (Å²) < 4.78 is 0. The first-order chi connectivity index (χ1) is 8.86. The molecule has 0 aromatic heterocycles. The van der Waals surface area contributed by atoms with E-state index in [0.29, 0.717) is 19.6 Å². The SMILES string of the molecule is CC(C)(CNC(=O)N1CCN(CCO)CC1)C(=O)O. The molecule has 1 aliphatic heterocycles. The number of carbonyl (C=O) groups is 2. The van der Waals surface area contributed by atoms with Crippen LogP contribution in [0, 0.1) is 5.41 Å². The van der Waals surface area contributed by atoms with E-state index in [1.165, 1.54) is 0 Å². The molecule has 3 N–H and O–H groups in total. The fourth-order valence-corrected chi connectivity index (χ4v) is 1.80. The van der Waals surface area contributed by atoms with Crippen LogP contribution < -0.4 is 5.32 Å². The standard InChI is InChI=1S/C12H23N3O4/c1-12(2,10(17)18)9-13-11(19)15-5-3-14(4-6-15)7-8-16/h16H,3-9H2,1-2H3,(H,13,19)(H,17,18). The van der Waals surface area contributed by atoms with E-state index >= 15 is 0 Å². The van der Waals surface area contributed by atoms with Crippen molar-refractivity contribution in [3.05, 3.63) is 0 Å². The molecule has 1 aliphatic rings. The first-order valence-electron chi connectivity index (χ1n) is 6.46. The number of nitrogens with one attached hydrogen (secondary N) is 1. The molecule has 0 aliphatic carbocycles. The molecule has 0 aromatic rings. The maximum absolute atomic E-state index is 11.9. The number of piperazine rings is 1. The summed E-state index contributed by atoms with van der Waals surface area (Å²) in [6.07, 6.45) is 0. The Morgan fingerprint density at radius 2 is 1.79 bits per heavy atom. The summed E-state index contributed by atoms with van der Waals surface area (Å²) in [4.78, 5) is 26.6. The van der Waals surface area contributed by atoms with Gasteiger partial charge in [-0.1, -0.05) is 0 Å². The summed E-state index contributed by atoms with van der Waals surface area (Å²) in [5, 5.41) is 20.5. The van der Waals surface area contributed by atoms with Crippen molar-refractivity contribution in [1.29, 1.82) is 0 Å². The largest absolute Gasteiger partial charge is 0.481 e. The lowest BCUT2D eigenvalue weighted by molar-refractivity contribution is -0.146. The zero-order valence-electron chi connectivity index (χ0n) is 11.6. The van der Waals surface area contributed by atoms with Crippen LogP contribution in [0.25, 0.3) is 0 Å². The molecule has 0 atom stereocenters. The fourth-order valence-electron chi connectivity index (χ4n) is 1.80. The van der Waals surface area contributed by atoms with Crippen molar-refractivity contribution in [2.75, 3.05) is 45.9 Å². The Hall–Kier alpha value is -1.34. The number of rotatable bonds is 5. The van der Waals surface area contributed by atoms with E-state index < -0.39 is 11.4 Å². The summed E-state index contributed by atoms with van der Waals surface area (Å²) in [5.74, 6) is -0.930. The van der Waals surface area contributed by atoms with Gasteiger partial charge in [0.15, 0.2) is 0 Å². The van der Waals surface area contributed by atoms with E-state index in [0.717, 1.165) is 13.1 Å². The number of carboxylic acids is 1. The number of nitrogens with zero attached hydrogens (tertiary/aromatic N) is 2. The van der Waals surface area contributed by atoms with Crippen molar-refractivity contribution in [3.63, 3.8) is 0 Å². The molecular weight excluding hydrogens is 250 g/mol. The number of carboxylic acid groups (broad SMARTS) is 1. The number of aliphatic hydroxyl groups is 1. The van der Waals surface area contributed by atoms with Crippen LogP contribution in [-0.2, 0) is 4.79 Å². The first-order valence-corrected chi connectivity index (χ1v) is 6.46. The van der Waals surface area contributed by atoms with Gasteiger partial charge in [-0.15, -0.1) is 0 Å². The normalized spacial score (nSPS) is 17.3. The van der Waals surface area contributed by atoms with Crippen LogP contribution >= 0.6 is 0 Å². The average Bonchev–Trinajstić information content (AvgIpc) is 2.37. The predicted octanol–water partition coefficient (Wildman–Crippen LogP) is -0.583. The molecule has 1 fully saturated rings. The Bertz CT molecular complexity index is 325. The van der Waals surface area contributed by atoms with Gasteiger partial charge in [0.25, 0.3) is 0 Å². The van der Waals surface area contributed by atoms with E-state index in [1.54, 1.807) is 18.7 Å². The molecule has 7 nitrogen and oxygen atoms in total. The van der Waals surface area contributed by atoms with Crippen molar-refractivity contribution in [1.82, 2.24) is 15.1 Å². The van der Waals surface area contributed by atoms with Crippen LogP contribution in [0.5, 0.6) is 0 Å². The second kappa shape index (κ2) is 6.72. The molecule has 0 saturated carbocycles. The molecule has 1 heterocycles. The molecule has 19 heavy (non-hydrogen) atoms. The highest BCUT2D eigenvalue weighted by Gasteiger charge is 2.29. The monoisotopic (exact) mass is 273 g/mol. The Morgan fingerprint density at radius 3 is 2.26 bits per heavy atom. The minimum absolute atomic E-state index is 0.109. The van der Waals surface area contributed by atoms with Gasteiger partial charge in [-0.05, 0) is 13.8 Å². The van der Waals surface area contributed by atoms with Crippen LogP contribution in [0.15, 0.2) is 0 Å². The molecule has 0 bridgehead atoms. The van der Waals surface area contributed by atoms with Crippen molar-refractivity contribution in [3.8, 4) is 0 Å². The van der Waals surface area contributed by atoms with E-state index in [9.17, 15) is 9.59 Å². The van der Waals surface area contributed by atoms with E-state index in [2.05, 4.69) is 10.2 Å². The highest BCUT2D eigenvalue weighted by Crippen LogP contribution is 2.13. The zero-order chi connectivity index (χ0) is 14.5. The van der Waals surface area contributed by atoms with E-state index in [4.69, 9.17) is 10.2 Å². The van der Waals surface area contributed by atoms with Crippen molar-refractivity contribution < 1.29 is 19.8 Å². The maximum Gasteiger partial charge on any atom is 0.317 e. The Kier molecular flexibility index (Phi) is 5.56. The number of aliphatic hydroxyl groups excluding tert-OH is 1. The molecule has 0 aromatic carbocycles. The zero-order valence-corrected chi connectivity index (χ0v) is 11.6. The maximum atomic E-state index is 11.9. The third-order valence-electron chi connectivity index (χ3n) is 3.34. The lowest BCUT2D eigenvalue weighted by Crippen LogP contribution is -2.53. The molecule has 1 saturated heterocycles. The van der Waals surface area contributed by atoms with Crippen molar-refractivity contribution >= 4 is 12.0 Å². The average molecular weight is 273 g/mol. The highest BCUT2D eigenvalue weighted by molar-refractivity contribution is 5.77. The topological polar surface area (TPSA) is 93.1 Å². The van der Waals surface area contributed by atoms with Crippen LogP contribution in [-0.4, -0.2) is 77.9 Å². The fraction of sp³-hybridized carbons (Fsp3) is 0.833. The van der Waals surface area contributed by atoms with Gasteiger partial charge >= 0.3 is 12.0 Å². The van der Waals surface area contributed by atoms with Gasteiger partial charge in [0.05, 0.1) is 12.0 Å². The second-order valence-electron chi connectivity index (χ2n) is 5.40. The van der Waals surface area contributed by atoms with Crippen molar-refractivity contribution in [2.45, 2.75) is 13.8 Å². The van der Waals surface area contributed by atoms with E-state index in [1.807, 2.05) is 0 Å². The summed E-state index contributed by atoms with van der Waals surface area (Å²) in [6, 6.07) is -0.224. The smallest absolute Gasteiger partial charge is 0.317 e. The summed E-state index contributed by atoms with van der Waals surface area (Å²) >= 11 is 0. The number of urea groups is 1. The number of hydrogen-bond donors (Lipinski definition) is 3. The molecule has 0 spiro atoms. The highest BCUT2D eigenvalue weighted by atomic mass is 16.4. The van der Waals surface area contributed by atoms with Gasteiger partial charge in [0.1, 0.15) is 0 Å². The lowest BCUT2D eigenvalue weighted by atomic mass is 9.94. The third kappa shape index (κ3) is 4.68. The van der Waals surface area contributed by atoms with Gasteiger partial charge in [0, 0.05) is 39.3 Å². The quantitative estimate of drug-likeness (QED) is 0.623. The van der Waals surface area contributed by atoms with Gasteiger partial charge < -0.3 is 20.4 Å². The minimum Gasteiger partial charge on any atom is -0.481 e. The van der Waals surface area contributed by atoms with Crippen LogP contribution in [0.3, 0.4) is 0 Å². The summed E-state index contributed by atoms with van der Waals surface area (Å²) in [7, 11) is 0. The molecule has 0 unspecified atom stereocenters. The van der Waals surface area contributed by atoms with Crippen LogP contribution in [0.4, 0.5) is 4.79 Å². The molecule has 2 amide bonds. The Morgan fingerprint density at radius 1 is 1.21 bits per heavy atom. The lowest BCUT2D eigenvalue weighted by Gasteiger charge is -2.34. The number of hydrogen-bond acceptors (Lipinski definition) is 4. The molecular formula is C12H23N3O4. The number of amides is 2. The number of β-amino-alcohol motifs (C(OH)–C–C–N with tert-alkyl or cyclic N) is 1. The Labute approximate surface area is 113 Å². The predicted molar refractivity (Wildman–Crippen MR) is 69.9 cm³/mol. The van der Waals surface area contributed by atoms with Gasteiger partial charge in [0.2, 0.25) is 0 Å². The number of aliphatic carboxylic acids is 1. The van der Waals surface area contributed by atoms with Gasteiger partial charge in [-0.2, -0.15) is 0 Å². The molecule has 110 valence electrons. The van der Waals surface area contributed by atoms with Gasteiger partial charge in [-0.25, -0.2) is 4.79 Å². The van der Waals surface area contributed by atoms with Gasteiger partial charge in [-0.3, -0.25) is 9.69 Å².